The standard InChI is InChI=1S/C15H24N2OS/c1-16(2)12-13-6-3-9-17(13)10-4-7-14(18)15-8-5-11-19-15/h5,8,11,13H,3-4,6-7,9-10,12H2,1-2H3. The first-order valence-electron chi connectivity index (χ1n) is 7.12. The van der Waals surface area contributed by atoms with Crippen LogP contribution in [0, 0.1) is 0 Å². The Hall–Kier alpha value is -0.710. The minimum absolute atomic E-state index is 0.304. The molecule has 2 rings (SSSR count). The predicted octanol–water partition coefficient (Wildman–Crippen LogP) is 2.74. The van der Waals surface area contributed by atoms with Gasteiger partial charge in [-0.3, -0.25) is 9.69 Å². The molecule has 3 nitrogen and oxygen atoms in total. The molecule has 0 bridgehead atoms. The van der Waals surface area contributed by atoms with Gasteiger partial charge in [-0.1, -0.05) is 6.07 Å². The highest BCUT2D eigenvalue weighted by Crippen LogP contribution is 2.19. The van der Waals surface area contributed by atoms with Crippen molar-refractivity contribution in [1.82, 2.24) is 9.80 Å². The second-order valence-corrected chi connectivity index (χ2v) is 6.55. The van der Waals surface area contributed by atoms with Gasteiger partial charge in [-0.05, 0) is 57.9 Å². The second kappa shape index (κ2) is 7.17. The van der Waals surface area contributed by atoms with Gasteiger partial charge in [0, 0.05) is 19.0 Å². The van der Waals surface area contributed by atoms with Crippen LogP contribution in [0.15, 0.2) is 17.5 Å². The lowest BCUT2D eigenvalue weighted by molar-refractivity contribution is 0.0976. The SMILES string of the molecule is CN(C)CC1CCCN1CCCC(=O)c1cccs1. The Labute approximate surface area is 120 Å². The van der Waals surface area contributed by atoms with Crippen molar-refractivity contribution in [2.75, 3.05) is 33.7 Å². The molecule has 1 aromatic rings. The van der Waals surface area contributed by atoms with Gasteiger partial charge in [-0.2, -0.15) is 0 Å². The molecule has 19 heavy (non-hydrogen) atoms. The average molecular weight is 280 g/mol. The maximum atomic E-state index is 11.9. The fraction of sp³-hybridized carbons (Fsp3) is 0.667. The lowest BCUT2D eigenvalue weighted by Gasteiger charge is -2.26. The average Bonchev–Trinajstić information content (AvgIpc) is 3.00. The Bertz CT molecular complexity index is 389. The highest BCUT2D eigenvalue weighted by atomic mass is 32.1. The van der Waals surface area contributed by atoms with Gasteiger partial charge in [0.2, 0.25) is 0 Å². The molecule has 1 fully saturated rings. The van der Waals surface area contributed by atoms with Crippen molar-refractivity contribution in [3.63, 3.8) is 0 Å². The first-order chi connectivity index (χ1) is 9.16. The molecule has 0 spiro atoms. The predicted molar refractivity (Wildman–Crippen MR) is 81.0 cm³/mol. The lowest BCUT2D eigenvalue weighted by Crippen LogP contribution is -2.38. The highest BCUT2D eigenvalue weighted by Gasteiger charge is 2.24. The number of carbonyl (C=O) groups is 1. The van der Waals surface area contributed by atoms with Crippen LogP contribution < -0.4 is 0 Å². The number of hydrogen-bond acceptors (Lipinski definition) is 4. The topological polar surface area (TPSA) is 23.6 Å². The van der Waals surface area contributed by atoms with E-state index in [1.54, 1.807) is 11.3 Å². The number of thiophene rings is 1. The Balaban J connectivity index is 1.71. The van der Waals surface area contributed by atoms with Crippen LogP contribution in [0.1, 0.15) is 35.4 Å². The number of Topliss-reactive ketones (excluding diaryl/α,β-unsaturated/α-hetero) is 1. The molecule has 1 aliphatic heterocycles. The van der Waals surface area contributed by atoms with E-state index in [4.69, 9.17) is 0 Å². The van der Waals surface area contributed by atoms with Crippen molar-refractivity contribution in [1.29, 1.82) is 0 Å². The van der Waals surface area contributed by atoms with Gasteiger partial charge in [0.1, 0.15) is 0 Å². The summed E-state index contributed by atoms with van der Waals surface area (Å²) in [5.74, 6) is 0.304. The summed E-state index contributed by atoms with van der Waals surface area (Å²) in [5.41, 5.74) is 0. The van der Waals surface area contributed by atoms with Gasteiger partial charge in [0.05, 0.1) is 4.88 Å². The van der Waals surface area contributed by atoms with Crippen LogP contribution in [0.4, 0.5) is 0 Å². The molecule has 1 unspecified atom stereocenters. The highest BCUT2D eigenvalue weighted by molar-refractivity contribution is 7.12. The van der Waals surface area contributed by atoms with E-state index in [0.717, 1.165) is 24.4 Å². The summed E-state index contributed by atoms with van der Waals surface area (Å²) in [7, 11) is 4.27. The van der Waals surface area contributed by atoms with E-state index in [1.807, 2.05) is 17.5 Å². The minimum Gasteiger partial charge on any atom is -0.308 e. The van der Waals surface area contributed by atoms with Crippen molar-refractivity contribution in [3.8, 4) is 0 Å². The summed E-state index contributed by atoms with van der Waals surface area (Å²) in [5, 5.41) is 1.97. The number of likely N-dealkylation sites (N-methyl/N-ethyl adjacent to an activating group) is 1. The molecule has 1 atom stereocenters. The van der Waals surface area contributed by atoms with E-state index in [0.29, 0.717) is 18.2 Å². The van der Waals surface area contributed by atoms with Gasteiger partial charge in [0.25, 0.3) is 0 Å². The maximum Gasteiger partial charge on any atom is 0.172 e. The number of likely N-dealkylation sites (tertiary alicyclic amines) is 1. The van der Waals surface area contributed by atoms with Crippen LogP contribution >= 0.6 is 11.3 Å². The number of hydrogen-bond donors (Lipinski definition) is 0. The zero-order chi connectivity index (χ0) is 13.7. The van der Waals surface area contributed by atoms with Crippen molar-refractivity contribution in [2.24, 2.45) is 0 Å². The van der Waals surface area contributed by atoms with E-state index >= 15 is 0 Å². The van der Waals surface area contributed by atoms with Gasteiger partial charge in [0.15, 0.2) is 5.78 Å². The fourth-order valence-corrected chi connectivity index (χ4v) is 3.52. The number of nitrogens with zero attached hydrogens (tertiary/aromatic N) is 2. The Morgan fingerprint density at radius 2 is 2.37 bits per heavy atom. The van der Waals surface area contributed by atoms with E-state index in [2.05, 4.69) is 23.9 Å². The molecule has 0 radical (unpaired) electrons. The van der Waals surface area contributed by atoms with Gasteiger partial charge in [-0.15, -0.1) is 11.3 Å². The van der Waals surface area contributed by atoms with E-state index < -0.39 is 0 Å². The van der Waals surface area contributed by atoms with Crippen LogP contribution in [0.3, 0.4) is 0 Å². The van der Waals surface area contributed by atoms with Crippen LogP contribution in [-0.4, -0.2) is 55.4 Å². The molecule has 106 valence electrons. The zero-order valence-electron chi connectivity index (χ0n) is 12.0. The Morgan fingerprint density at radius 3 is 3.05 bits per heavy atom. The molecule has 0 N–H and O–H groups in total. The number of ketones is 1. The first-order valence-corrected chi connectivity index (χ1v) is 8.00. The third kappa shape index (κ3) is 4.41. The minimum atomic E-state index is 0.304. The summed E-state index contributed by atoms with van der Waals surface area (Å²) in [6, 6.07) is 4.57. The second-order valence-electron chi connectivity index (χ2n) is 5.60. The third-order valence-corrected chi connectivity index (χ3v) is 4.63. The molecule has 4 heteroatoms. The molecule has 0 aromatic carbocycles. The number of carbonyl (C=O) groups excluding carboxylic acids is 1. The van der Waals surface area contributed by atoms with Crippen molar-refractivity contribution in [3.05, 3.63) is 22.4 Å². The van der Waals surface area contributed by atoms with Crippen molar-refractivity contribution < 1.29 is 4.79 Å². The van der Waals surface area contributed by atoms with Crippen LogP contribution in [0.25, 0.3) is 0 Å². The quantitative estimate of drug-likeness (QED) is 0.718. The Kier molecular flexibility index (Phi) is 5.55. The summed E-state index contributed by atoms with van der Waals surface area (Å²) in [6.07, 6.45) is 4.28. The summed E-state index contributed by atoms with van der Waals surface area (Å²) >= 11 is 1.55. The normalized spacial score (nSPS) is 20.3. The molecule has 1 aromatic heterocycles. The van der Waals surface area contributed by atoms with Crippen molar-refractivity contribution >= 4 is 17.1 Å². The number of rotatable bonds is 7. The third-order valence-electron chi connectivity index (χ3n) is 3.72. The van der Waals surface area contributed by atoms with Gasteiger partial charge >= 0.3 is 0 Å². The molecule has 0 saturated carbocycles. The van der Waals surface area contributed by atoms with Gasteiger partial charge < -0.3 is 4.90 Å². The summed E-state index contributed by atoms with van der Waals surface area (Å²) in [6.45, 7) is 3.40. The van der Waals surface area contributed by atoms with Crippen LogP contribution in [-0.2, 0) is 0 Å². The molecule has 1 saturated heterocycles. The zero-order valence-corrected chi connectivity index (χ0v) is 12.8. The van der Waals surface area contributed by atoms with Crippen LogP contribution in [0.5, 0.6) is 0 Å². The molecule has 2 heterocycles. The molecular formula is C15H24N2OS. The molecule has 1 aliphatic rings. The lowest BCUT2D eigenvalue weighted by atomic mass is 10.1. The molecule has 0 aliphatic carbocycles. The maximum absolute atomic E-state index is 11.9. The van der Waals surface area contributed by atoms with E-state index in [-0.39, 0.29) is 0 Å². The summed E-state index contributed by atoms with van der Waals surface area (Å²) < 4.78 is 0. The van der Waals surface area contributed by atoms with E-state index in [9.17, 15) is 4.79 Å². The first kappa shape index (κ1) is 14.7. The largest absolute Gasteiger partial charge is 0.308 e. The summed E-state index contributed by atoms with van der Waals surface area (Å²) in [4.78, 5) is 17.7. The van der Waals surface area contributed by atoms with Crippen LogP contribution in [0.2, 0.25) is 0 Å². The fourth-order valence-electron chi connectivity index (χ4n) is 2.82. The monoisotopic (exact) mass is 280 g/mol. The van der Waals surface area contributed by atoms with Crippen molar-refractivity contribution in [2.45, 2.75) is 31.7 Å². The van der Waals surface area contributed by atoms with Gasteiger partial charge in [-0.25, -0.2) is 0 Å². The Morgan fingerprint density at radius 1 is 1.53 bits per heavy atom. The van der Waals surface area contributed by atoms with E-state index in [1.165, 1.54) is 19.4 Å². The smallest absolute Gasteiger partial charge is 0.172 e. The molecular weight excluding hydrogens is 256 g/mol. The molecule has 0 amide bonds.